The Morgan fingerprint density at radius 3 is 0.880 bits per heavy atom. The van der Waals surface area contributed by atoms with Crippen LogP contribution in [0.2, 0.25) is 0 Å². The highest BCUT2D eigenvalue weighted by Crippen LogP contribution is 2.59. The van der Waals surface area contributed by atoms with Gasteiger partial charge < -0.3 is 50.3 Å². The molecule has 0 saturated heterocycles. The van der Waals surface area contributed by atoms with Crippen LogP contribution in [0.25, 0.3) is 0 Å². The molecule has 3 rings (SSSR count). The Kier molecular flexibility index (Phi) is 9.56. The minimum Gasteiger partial charge on any atom is -0.480 e. The first kappa shape index (κ1) is 36.9. The molecule has 0 amide bonds. The number of esters is 4. The number of carbonyl (C=O) groups is 12. The fourth-order valence-electron chi connectivity index (χ4n) is 5.17. The molecule has 22 nitrogen and oxygen atoms in total. The van der Waals surface area contributed by atoms with Crippen molar-refractivity contribution in [3.8, 4) is 0 Å². The standard InChI is InChI=1S/C28H16O22/c29-15(30)7-1-3-9(13(19(37)38)11(7)17(33)34)21(41)49-25(47)28(6-5-27(28,23(43)44)24(45)46)26(48)50-22(42)10-4-2-8(16(31)32)12(18(35)36)14(10)20(39)40/h1-4H,5-6H2,(H,29,30)(H,31,32)(H,33,34)(H,35,36)(H,37,38)(H,39,40)(H,43,44)(H,45,46). The molecule has 0 atom stereocenters. The number of aliphatic carboxylic acids is 2. The van der Waals surface area contributed by atoms with Crippen molar-refractivity contribution >= 4 is 71.6 Å². The first-order chi connectivity index (χ1) is 23.1. The average Bonchev–Trinajstić information content (AvgIpc) is 2.98. The summed E-state index contributed by atoms with van der Waals surface area (Å²) in [5.41, 5.74) is -18.7. The minimum atomic E-state index is -3.74. The molecular weight excluding hydrogens is 688 g/mol. The van der Waals surface area contributed by atoms with Gasteiger partial charge in [0, 0.05) is 0 Å². The summed E-state index contributed by atoms with van der Waals surface area (Å²) >= 11 is 0. The van der Waals surface area contributed by atoms with Gasteiger partial charge in [0.25, 0.3) is 0 Å². The highest BCUT2D eigenvalue weighted by Gasteiger charge is 2.79. The van der Waals surface area contributed by atoms with E-state index in [4.69, 9.17) is 0 Å². The van der Waals surface area contributed by atoms with E-state index in [9.17, 15) is 98.4 Å². The summed E-state index contributed by atoms with van der Waals surface area (Å²) in [5.74, 6) is -27.2. The number of hydrogen-bond acceptors (Lipinski definition) is 14. The Bertz CT molecular complexity index is 1880. The second kappa shape index (κ2) is 12.9. The van der Waals surface area contributed by atoms with E-state index in [0.29, 0.717) is 24.3 Å². The van der Waals surface area contributed by atoms with E-state index < -0.39 is 140 Å². The van der Waals surface area contributed by atoms with E-state index in [-0.39, 0.29) is 0 Å². The maximum atomic E-state index is 13.5. The molecule has 8 N–H and O–H groups in total. The molecule has 0 radical (unpaired) electrons. The number of aromatic carboxylic acids is 6. The summed E-state index contributed by atoms with van der Waals surface area (Å²) in [7, 11) is 0. The fraction of sp³-hybridized carbons (Fsp3) is 0.143. The van der Waals surface area contributed by atoms with E-state index in [0.717, 1.165) is 0 Å². The van der Waals surface area contributed by atoms with Gasteiger partial charge >= 0.3 is 71.6 Å². The van der Waals surface area contributed by atoms with Crippen LogP contribution in [0.1, 0.15) is 95.7 Å². The van der Waals surface area contributed by atoms with Gasteiger partial charge in [0.2, 0.25) is 0 Å². The first-order valence-corrected chi connectivity index (χ1v) is 12.8. The number of carboxylic acid groups (broad SMARTS) is 8. The van der Waals surface area contributed by atoms with Crippen LogP contribution in [-0.4, -0.2) is 112 Å². The van der Waals surface area contributed by atoms with Crippen molar-refractivity contribution in [3.63, 3.8) is 0 Å². The number of ether oxygens (including phenoxy) is 2. The van der Waals surface area contributed by atoms with Crippen molar-refractivity contribution < 1.29 is 108 Å². The quantitative estimate of drug-likeness (QED) is 0.105. The van der Waals surface area contributed by atoms with Crippen LogP contribution >= 0.6 is 0 Å². The van der Waals surface area contributed by atoms with E-state index in [1.165, 1.54) is 0 Å². The normalized spacial score (nSPS) is 13.8. The van der Waals surface area contributed by atoms with E-state index in [1.807, 2.05) is 0 Å². The third kappa shape index (κ3) is 5.56. The van der Waals surface area contributed by atoms with Gasteiger partial charge in [-0.05, 0) is 37.1 Å². The van der Waals surface area contributed by atoms with Crippen LogP contribution < -0.4 is 0 Å². The number of carbonyl (C=O) groups excluding carboxylic acids is 4. The first-order valence-electron chi connectivity index (χ1n) is 12.8. The molecule has 0 heterocycles. The van der Waals surface area contributed by atoms with Gasteiger partial charge in [-0.15, -0.1) is 0 Å². The summed E-state index contributed by atoms with van der Waals surface area (Å²) in [6.07, 6.45) is -2.32. The third-order valence-electron chi connectivity index (χ3n) is 7.57. The van der Waals surface area contributed by atoms with Crippen molar-refractivity contribution in [2.24, 2.45) is 10.8 Å². The zero-order valence-corrected chi connectivity index (χ0v) is 24.0. The largest absolute Gasteiger partial charge is 0.480 e. The zero-order chi connectivity index (χ0) is 38.2. The third-order valence-corrected chi connectivity index (χ3v) is 7.57. The summed E-state index contributed by atoms with van der Waals surface area (Å²) in [6, 6.07) is 1.48. The Labute approximate surface area is 272 Å². The summed E-state index contributed by atoms with van der Waals surface area (Å²) in [4.78, 5) is 148. The van der Waals surface area contributed by atoms with Gasteiger partial charge in [-0.3, -0.25) is 19.2 Å². The summed E-state index contributed by atoms with van der Waals surface area (Å²) in [5, 5.41) is 76.1. The topological polar surface area (TPSA) is 385 Å². The lowest BCUT2D eigenvalue weighted by atomic mass is 9.48. The van der Waals surface area contributed by atoms with Gasteiger partial charge in [0.1, 0.15) is 0 Å². The van der Waals surface area contributed by atoms with E-state index >= 15 is 0 Å². The minimum absolute atomic E-state index is 0.347. The molecule has 22 heteroatoms. The van der Waals surface area contributed by atoms with E-state index in [1.54, 1.807) is 0 Å². The maximum absolute atomic E-state index is 13.5. The summed E-state index contributed by atoms with van der Waals surface area (Å²) in [6.45, 7) is 0. The van der Waals surface area contributed by atoms with Gasteiger partial charge in [0.15, 0.2) is 10.8 Å². The lowest BCUT2D eigenvalue weighted by Gasteiger charge is -2.48. The molecule has 0 spiro atoms. The van der Waals surface area contributed by atoms with Crippen LogP contribution in [-0.2, 0) is 28.7 Å². The highest BCUT2D eigenvalue weighted by atomic mass is 16.6. The monoisotopic (exact) mass is 704 g/mol. The van der Waals surface area contributed by atoms with Crippen LogP contribution in [0.5, 0.6) is 0 Å². The SMILES string of the molecule is O=C(O)c1ccc(C(=O)OC(=O)C2(C(=O)OC(=O)c3ccc(C(=O)O)c(C(=O)O)c3C(=O)O)CCC2(C(=O)O)C(=O)O)c(C(=O)O)c1C(=O)O. The highest BCUT2D eigenvalue weighted by molar-refractivity contribution is 6.22. The lowest BCUT2D eigenvalue weighted by Crippen LogP contribution is -2.68. The molecule has 0 unspecified atom stereocenters. The number of rotatable bonds is 12. The van der Waals surface area contributed by atoms with Crippen molar-refractivity contribution in [3.05, 3.63) is 68.8 Å². The smallest absolute Gasteiger partial charge is 0.346 e. The van der Waals surface area contributed by atoms with Crippen molar-refractivity contribution in [1.29, 1.82) is 0 Å². The van der Waals surface area contributed by atoms with Gasteiger partial charge in [-0.25, -0.2) is 38.4 Å². The Hall–Kier alpha value is -7.52. The van der Waals surface area contributed by atoms with Crippen LogP contribution in [0.15, 0.2) is 24.3 Å². The van der Waals surface area contributed by atoms with Gasteiger partial charge in [-0.1, -0.05) is 0 Å². The van der Waals surface area contributed by atoms with E-state index in [2.05, 4.69) is 9.47 Å². The Morgan fingerprint density at radius 1 is 0.400 bits per heavy atom. The molecule has 0 bridgehead atoms. The fourth-order valence-corrected chi connectivity index (χ4v) is 5.17. The molecule has 0 aromatic heterocycles. The molecule has 260 valence electrons. The molecule has 1 fully saturated rings. The molecule has 1 aliphatic rings. The van der Waals surface area contributed by atoms with Gasteiger partial charge in [0.05, 0.1) is 44.5 Å². The number of carboxylic acids is 8. The van der Waals surface area contributed by atoms with Crippen molar-refractivity contribution in [1.82, 2.24) is 0 Å². The Balaban J connectivity index is 2.20. The van der Waals surface area contributed by atoms with Crippen molar-refractivity contribution in [2.75, 3.05) is 0 Å². The number of hydrogen-bond donors (Lipinski definition) is 8. The van der Waals surface area contributed by atoms with Crippen LogP contribution in [0.3, 0.4) is 0 Å². The molecule has 2 aromatic rings. The number of benzene rings is 2. The average molecular weight is 704 g/mol. The predicted octanol–water partition coefficient (Wildman–Crippen LogP) is -0.121. The molecule has 50 heavy (non-hydrogen) atoms. The van der Waals surface area contributed by atoms with Crippen molar-refractivity contribution in [2.45, 2.75) is 12.8 Å². The second-order valence-electron chi connectivity index (χ2n) is 9.93. The van der Waals surface area contributed by atoms with Crippen LogP contribution in [0, 0.1) is 10.8 Å². The predicted molar refractivity (Wildman–Crippen MR) is 145 cm³/mol. The summed E-state index contributed by atoms with van der Waals surface area (Å²) < 4.78 is 8.86. The molecular formula is C28H16O22. The molecule has 1 aliphatic carbocycles. The Morgan fingerprint density at radius 2 is 0.660 bits per heavy atom. The second-order valence-corrected chi connectivity index (χ2v) is 9.93. The molecule has 0 aliphatic heterocycles. The van der Waals surface area contributed by atoms with Gasteiger partial charge in [-0.2, -0.15) is 0 Å². The lowest BCUT2D eigenvalue weighted by molar-refractivity contribution is -0.211. The molecule has 1 saturated carbocycles. The molecule has 2 aromatic carbocycles. The maximum Gasteiger partial charge on any atom is 0.346 e. The van der Waals surface area contributed by atoms with Crippen LogP contribution in [0.4, 0.5) is 0 Å². The zero-order valence-electron chi connectivity index (χ0n) is 24.0.